The molecule has 4 heteroatoms. The van der Waals surface area contributed by atoms with Gasteiger partial charge in [0, 0.05) is 28.1 Å². The number of fused-ring (bicyclic) bond motifs is 1. The monoisotopic (exact) mass is 309 g/mol. The number of benzene rings is 1. The van der Waals surface area contributed by atoms with Gasteiger partial charge in [-0.2, -0.15) is 0 Å². The van der Waals surface area contributed by atoms with E-state index in [1.54, 1.807) is 0 Å². The SMILES string of the molecule is CCCCn1cc(CC(=O)O)c2ccc(Br)cc21. The highest BCUT2D eigenvalue weighted by atomic mass is 79.9. The van der Waals surface area contributed by atoms with Crippen molar-refractivity contribution in [1.29, 1.82) is 0 Å². The highest BCUT2D eigenvalue weighted by Gasteiger charge is 2.11. The van der Waals surface area contributed by atoms with Gasteiger partial charge in [0.15, 0.2) is 0 Å². The van der Waals surface area contributed by atoms with Crippen LogP contribution in [0, 0.1) is 0 Å². The van der Waals surface area contributed by atoms with Gasteiger partial charge in [-0.3, -0.25) is 4.79 Å². The molecule has 0 bridgehead atoms. The lowest BCUT2D eigenvalue weighted by atomic mass is 10.1. The fourth-order valence-electron chi connectivity index (χ4n) is 2.16. The maximum absolute atomic E-state index is 10.9. The molecule has 96 valence electrons. The summed E-state index contributed by atoms with van der Waals surface area (Å²) in [6.07, 6.45) is 4.28. The first-order valence-electron chi connectivity index (χ1n) is 6.11. The molecular formula is C14H16BrNO2. The van der Waals surface area contributed by atoms with Gasteiger partial charge >= 0.3 is 5.97 Å². The second-order valence-electron chi connectivity index (χ2n) is 4.43. The maximum Gasteiger partial charge on any atom is 0.307 e. The second-order valence-corrected chi connectivity index (χ2v) is 5.35. The Hall–Kier alpha value is -1.29. The van der Waals surface area contributed by atoms with Gasteiger partial charge in [-0.05, 0) is 24.1 Å². The van der Waals surface area contributed by atoms with Gasteiger partial charge in [-0.15, -0.1) is 0 Å². The molecule has 1 heterocycles. The summed E-state index contributed by atoms with van der Waals surface area (Å²) in [6, 6.07) is 5.99. The van der Waals surface area contributed by atoms with Crippen molar-refractivity contribution in [3.63, 3.8) is 0 Å². The van der Waals surface area contributed by atoms with Crippen molar-refractivity contribution in [3.8, 4) is 0 Å². The maximum atomic E-state index is 10.9. The van der Waals surface area contributed by atoms with Crippen LogP contribution < -0.4 is 0 Å². The van der Waals surface area contributed by atoms with Crippen molar-refractivity contribution in [1.82, 2.24) is 4.57 Å². The fraction of sp³-hybridized carbons (Fsp3) is 0.357. The summed E-state index contributed by atoms with van der Waals surface area (Å²) in [5, 5.41) is 9.99. The number of hydrogen-bond donors (Lipinski definition) is 1. The fourth-order valence-corrected chi connectivity index (χ4v) is 2.51. The summed E-state index contributed by atoms with van der Waals surface area (Å²) in [7, 11) is 0. The molecule has 2 aromatic rings. The lowest BCUT2D eigenvalue weighted by Crippen LogP contribution is -1.99. The van der Waals surface area contributed by atoms with Crippen LogP contribution >= 0.6 is 15.9 Å². The molecule has 3 nitrogen and oxygen atoms in total. The number of halogens is 1. The van der Waals surface area contributed by atoms with E-state index in [-0.39, 0.29) is 6.42 Å². The first kappa shape index (κ1) is 13.1. The van der Waals surface area contributed by atoms with E-state index in [9.17, 15) is 4.79 Å². The Morgan fingerprint density at radius 2 is 2.22 bits per heavy atom. The summed E-state index contributed by atoms with van der Waals surface area (Å²) in [5.41, 5.74) is 2.00. The molecule has 0 aliphatic carbocycles. The molecule has 0 amide bonds. The lowest BCUT2D eigenvalue weighted by Gasteiger charge is -2.03. The van der Waals surface area contributed by atoms with Gasteiger partial charge < -0.3 is 9.67 Å². The Morgan fingerprint density at radius 3 is 2.89 bits per heavy atom. The molecule has 0 unspecified atom stereocenters. The van der Waals surface area contributed by atoms with Gasteiger partial charge in [0.1, 0.15) is 0 Å². The van der Waals surface area contributed by atoms with E-state index < -0.39 is 5.97 Å². The van der Waals surface area contributed by atoms with Crippen LogP contribution in [0.2, 0.25) is 0 Å². The number of carboxylic acid groups (broad SMARTS) is 1. The third-order valence-electron chi connectivity index (χ3n) is 3.02. The number of hydrogen-bond acceptors (Lipinski definition) is 1. The van der Waals surface area contributed by atoms with Crippen molar-refractivity contribution in [2.24, 2.45) is 0 Å². The number of aryl methyl sites for hydroxylation is 1. The number of rotatable bonds is 5. The van der Waals surface area contributed by atoms with Gasteiger partial charge in [0.25, 0.3) is 0 Å². The average molecular weight is 310 g/mol. The molecule has 0 saturated heterocycles. The van der Waals surface area contributed by atoms with Crippen LogP contribution in [0.15, 0.2) is 28.9 Å². The summed E-state index contributed by atoms with van der Waals surface area (Å²) in [4.78, 5) is 10.9. The smallest absolute Gasteiger partial charge is 0.307 e. The number of carbonyl (C=O) groups is 1. The highest BCUT2D eigenvalue weighted by Crippen LogP contribution is 2.26. The molecule has 1 N–H and O–H groups in total. The predicted octanol–water partition coefficient (Wildman–Crippen LogP) is 3.83. The number of carboxylic acids is 1. The topological polar surface area (TPSA) is 42.2 Å². The summed E-state index contributed by atoms with van der Waals surface area (Å²) >= 11 is 3.47. The number of unbranched alkanes of at least 4 members (excludes halogenated alkanes) is 1. The largest absolute Gasteiger partial charge is 0.481 e. The lowest BCUT2D eigenvalue weighted by molar-refractivity contribution is -0.136. The molecule has 0 aliphatic heterocycles. The van der Waals surface area contributed by atoms with Crippen molar-refractivity contribution in [3.05, 3.63) is 34.4 Å². The number of nitrogens with zero attached hydrogens (tertiary/aromatic N) is 1. The minimum absolute atomic E-state index is 0.0806. The van der Waals surface area contributed by atoms with E-state index >= 15 is 0 Å². The van der Waals surface area contributed by atoms with Gasteiger partial charge in [0.2, 0.25) is 0 Å². The second kappa shape index (κ2) is 5.57. The minimum Gasteiger partial charge on any atom is -0.481 e. The third-order valence-corrected chi connectivity index (χ3v) is 3.51. The number of aromatic nitrogens is 1. The zero-order valence-electron chi connectivity index (χ0n) is 10.3. The van der Waals surface area contributed by atoms with E-state index in [0.29, 0.717) is 0 Å². The quantitative estimate of drug-likeness (QED) is 0.912. The van der Waals surface area contributed by atoms with Crippen LogP contribution in [0.25, 0.3) is 10.9 Å². The standard InChI is InChI=1S/C14H16BrNO2/c1-2-3-6-16-9-10(7-14(17)18)12-5-4-11(15)8-13(12)16/h4-5,8-9H,2-3,6-7H2,1H3,(H,17,18). The Morgan fingerprint density at radius 1 is 1.44 bits per heavy atom. The predicted molar refractivity (Wildman–Crippen MR) is 75.9 cm³/mol. The van der Waals surface area contributed by atoms with Crippen LogP contribution in [0.1, 0.15) is 25.3 Å². The average Bonchev–Trinajstić information content (AvgIpc) is 2.63. The summed E-state index contributed by atoms with van der Waals surface area (Å²) in [6.45, 7) is 3.09. The third kappa shape index (κ3) is 2.75. The zero-order valence-corrected chi connectivity index (χ0v) is 11.9. The molecule has 0 aliphatic rings. The molecular weight excluding hydrogens is 294 g/mol. The number of aliphatic carboxylic acids is 1. The Kier molecular flexibility index (Phi) is 4.07. The van der Waals surface area contributed by atoms with E-state index in [1.165, 1.54) is 0 Å². The Bertz CT molecular complexity index is 574. The first-order chi connectivity index (χ1) is 8.61. The van der Waals surface area contributed by atoms with Crippen LogP contribution in [0.3, 0.4) is 0 Å². The summed E-state index contributed by atoms with van der Waals surface area (Å²) < 4.78 is 3.18. The van der Waals surface area contributed by atoms with Crippen molar-refractivity contribution in [2.45, 2.75) is 32.7 Å². The van der Waals surface area contributed by atoms with Crippen LogP contribution in [-0.2, 0) is 17.8 Å². The van der Waals surface area contributed by atoms with Crippen molar-refractivity contribution >= 4 is 32.8 Å². The molecule has 0 atom stereocenters. The van der Waals surface area contributed by atoms with E-state index in [0.717, 1.165) is 40.3 Å². The first-order valence-corrected chi connectivity index (χ1v) is 6.90. The van der Waals surface area contributed by atoms with E-state index in [2.05, 4.69) is 33.5 Å². The van der Waals surface area contributed by atoms with Gasteiger partial charge in [-0.1, -0.05) is 35.3 Å². The zero-order chi connectivity index (χ0) is 13.1. The van der Waals surface area contributed by atoms with Gasteiger partial charge in [0.05, 0.1) is 6.42 Å². The highest BCUT2D eigenvalue weighted by molar-refractivity contribution is 9.10. The van der Waals surface area contributed by atoms with Crippen LogP contribution in [-0.4, -0.2) is 15.6 Å². The Labute approximate surface area is 115 Å². The molecule has 18 heavy (non-hydrogen) atoms. The van der Waals surface area contributed by atoms with Gasteiger partial charge in [-0.25, -0.2) is 0 Å². The minimum atomic E-state index is -0.785. The normalized spacial score (nSPS) is 11.0. The molecule has 1 aromatic carbocycles. The van der Waals surface area contributed by atoms with Crippen LogP contribution in [0.5, 0.6) is 0 Å². The summed E-state index contributed by atoms with van der Waals surface area (Å²) in [5.74, 6) is -0.785. The Balaban J connectivity index is 2.48. The molecule has 1 aromatic heterocycles. The van der Waals surface area contributed by atoms with E-state index in [1.807, 2.05) is 18.3 Å². The molecule has 0 fully saturated rings. The molecule has 0 spiro atoms. The molecule has 0 radical (unpaired) electrons. The van der Waals surface area contributed by atoms with Crippen LogP contribution in [0.4, 0.5) is 0 Å². The molecule has 2 rings (SSSR count). The van der Waals surface area contributed by atoms with E-state index in [4.69, 9.17) is 5.11 Å². The van der Waals surface area contributed by atoms with Crippen molar-refractivity contribution in [2.75, 3.05) is 0 Å². The molecule has 0 saturated carbocycles. The van der Waals surface area contributed by atoms with Crippen molar-refractivity contribution < 1.29 is 9.90 Å².